The molecule has 20 heavy (non-hydrogen) atoms. The van der Waals surface area contributed by atoms with Crippen LogP contribution >= 0.6 is 11.6 Å². The molecule has 1 aliphatic rings. The Morgan fingerprint density at radius 1 is 1.20 bits per heavy atom. The van der Waals surface area contributed by atoms with Gasteiger partial charge < -0.3 is 4.74 Å². The molecular formula is C17H15ClO2. The van der Waals surface area contributed by atoms with Crippen molar-refractivity contribution in [2.45, 2.75) is 18.9 Å². The molecule has 1 heterocycles. The fourth-order valence-electron chi connectivity index (χ4n) is 2.60. The number of carbonyl (C=O) groups excluding carboxylic acids is 1. The van der Waals surface area contributed by atoms with Gasteiger partial charge in [0.2, 0.25) is 0 Å². The summed E-state index contributed by atoms with van der Waals surface area (Å²) >= 11 is 5.95. The molecule has 0 aliphatic carbocycles. The molecule has 0 amide bonds. The summed E-state index contributed by atoms with van der Waals surface area (Å²) in [4.78, 5) is 12.5. The lowest BCUT2D eigenvalue weighted by molar-refractivity contribution is -0.131. The first-order chi connectivity index (χ1) is 9.74. The summed E-state index contributed by atoms with van der Waals surface area (Å²) in [6.45, 7) is 0.600. The van der Waals surface area contributed by atoms with Gasteiger partial charge in [0, 0.05) is 11.4 Å². The molecule has 1 aliphatic heterocycles. The van der Waals surface area contributed by atoms with Crippen molar-refractivity contribution in [1.82, 2.24) is 0 Å². The Bertz CT molecular complexity index is 636. The van der Waals surface area contributed by atoms with Gasteiger partial charge in [0.1, 0.15) is 6.10 Å². The van der Waals surface area contributed by atoms with Gasteiger partial charge in [0.05, 0.1) is 6.61 Å². The van der Waals surface area contributed by atoms with Crippen molar-refractivity contribution in [2.75, 3.05) is 6.61 Å². The first kappa shape index (κ1) is 13.3. The Hall–Kier alpha value is -1.64. The van der Waals surface area contributed by atoms with Crippen LogP contribution in [0.2, 0.25) is 5.02 Å². The number of Topliss-reactive ketones (excluding diaryl/α,β-unsaturated/α-hetero) is 1. The van der Waals surface area contributed by atoms with E-state index in [-0.39, 0.29) is 5.78 Å². The number of hydrogen-bond acceptors (Lipinski definition) is 2. The number of halogens is 1. The zero-order valence-corrected chi connectivity index (χ0v) is 11.8. The highest BCUT2D eigenvalue weighted by molar-refractivity contribution is 6.30. The maximum Gasteiger partial charge on any atom is 0.170 e. The van der Waals surface area contributed by atoms with Crippen LogP contribution in [0.25, 0.3) is 0 Å². The topological polar surface area (TPSA) is 26.3 Å². The van der Waals surface area contributed by atoms with Crippen LogP contribution in [0.1, 0.15) is 22.8 Å². The third-order valence-corrected chi connectivity index (χ3v) is 3.79. The predicted molar refractivity (Wildman–Crippen MR) is 79.0 cm³/mol. The number of rotatable bonds is 3. The van der Waals surface area contributed by atoms with Gasteiger partial charge in [-0.15, -0.1) is 0 Å². The normalized spacial score (nSPS) is 17.6. The molecule has 1 unspecified atom stereocenters. The molecule has 0 N–H and O–H groups in total. The number of ether oxygens (including phenoxy) is 1. The van der Waals surface area contributed by atoms with Crippen molar-refractivity contribution in [1.29, 1.82) is 0 Å². The minimum Gasteiger partial charge on any atom is -0.365 e. The molecule has 102 valence electrons. The summed E-state index contributed by atoms with van der Waals surface area (Å²) < 4.78 is 5.69. The standard InChI is InChI=1S/C17H15ClO2/c18-14-6-3-4-12(10-14)11-16(19)17-15-7-2-1-5-13(15)8-9-20-17/h1-7,10,17H,8-9,11H2. The average molecular weight is 287 g/mol. The fourth-order valence-corrected chi connectivity index (χ4v) is 2.81. The number of fused-ring (bicyclic) bond motifs is 1. The molecule has 0 fully saturated rings. The van der Waals surface area contributed by atoms with Crippen LogP contribution < -0.4 is 0 Å². The lowest BCUT2D eigenvalue weighted by Gasteiger charge is -2.25. The summed E-state index contributed by atoms with van der Waals surface area (Å²) in [7, 11) is 0. The van der Waals surface area contributed by atoms with E-state index in [1.54, 1.807) is 0 Å². The maximum absolute atomic E-state index is 12.5. The highest BCUT2D eigenvalue weighted by atomic mass is 35.5. The number of benzene rings is 2. The Kier molecular flexibility index (Phi) is 3.86. The van der Waals surface area contributed by atoms with Crippen molar-refractivity contribution < 1.29 is 9.53 Å². The fraction of sp³-hybridized carbons (Fsp3) is 0.235. The first-order valence-corrected chi connectivity index (χ1v) is 7.08. The van der Waals surface area contributed by atoms with Crippen LogP contribution in [0.15, 0.2) is 48.5 Å². The smallest absolute Gasteiger partial charge is 0.170 e. The second kappa shape index (κ2) is 5.78. The first-order valence-electron chi connectivity index (χ1n) is 6.70. The lowest BCUT2D eigenvalue weighted by Crippen LogP contribution is -2.24. The van der Waals surface area contributed by atoms with E-state index in [4.69, 9.17) is 16.3 Å². The number of carbonyl (C=O) groups is 1. The molecule has 0 saturated heterocycles. The van der Waals surface area contributed by atoms with Crippen LogP contribution in [0.3, 0.4) is 0 Å². The SMILES string of the molecule is O=C(Cc1cccc(Cl)c1)C1OCCc2ccccc21. The molecule has 3 rings (SSSR count). The monoisotopic (exact) mass is 286 g/mol. The summed E-state index contributed by atoms with van der Waals surface area (Å²) in [5.41, 5.74) is 3.14. The van der Waals surface area contributed by atoms with Crippen LogP contribution in [-0.2, 0) is 22.4 Å². The molecule has 0 spiro atoms. The minimum absolute atomic E-state index is 0.0828. The lowest BCUT2D eigenvalue weighted by atomic mass is 9.93. The molecule has 0 bridgehead atoms. The van der Waals surface area contributed by atoms with Gasteiger partial charge in [-0.1, -0.05) is 48.0 Å². The summed E-state index contributed by atoms with van der Waals surface area (Å²) in [6.07, 6.45) is 0.773. The van der Waals surface area contributed by atoms with E-state index in [2.05, 4.69) is 6.07 Å². The van der Waals surface area contributed by atoms with Gasteiger partial charge in [-0.05, 0) is 35.2 Å². The minimum atomic E-state index is -0.445. The van der Waals surface area contributed by atoms with Crippen LogP contribution in [0, 0.1) is 0 Å². The zero-order chi connectivity index (χ0) is 13.9. The number of hydrogen-bond donors (Lipinski definition) is 0. The molecule has 1 atom stereocenters. The summed E-state index contributed by atoms with van der Waals surface area (Å²) in [5, 5.41) is 0.653. The quantitative estimate of drug-likeness (QED) is 0.859. The van der Waals surface area contributed by atoms with E-state index in [1.807, 2.05) is 42.5 Å². The summed E-state index contributed by atoms with van der Waals surface area (Å²) in [5.74, 6) is 0.0828. The van der Waals surface area contributed by atoms with Crippen molar-refractivity contribution in [3.63, 3.8) is 0 Å². The highest BCUT2D eigenvalue weighted by Crippen LogP contribution is 2.28. The second-order valence-electron chi connectivity index (χ2n) is 4.97. The largest absolute Gasteiger partial charge is 0.365 e. The van der Waals surface area contributed by atoms with Gasteiger partial charge >= 0.3 is 0 Å². The van der Waals surface area contributed by atoms with Crippen molar-refractivity contribution in [3.05, 3.63) is 70.2 Å². The van der Waals surface area contributed by atoms with Crippen molar-refractivity contribution in [2.24, 2.45) is 0 Å². The van der Waals surface area contributed by atoms with Crippen LogP contribution in [-0.4, -0.2) is 12.4 Å². The molecule has 2 aromatic carbocycles. The van der Waals surface area contributed by atoms with Gasteiger partial charge in [-0.2, -0.15) is 0 Å². The zero-order valence-electron chi connectivity index (χ0n) is 11.0. The molecule has 3 heteroatoms. The molecular weight excluding hydrogens is 272 g/mol. The molecule has 2 aromatic rings. The third-order valence-electron chi connectivity index (χ3n) is 3.55. The van der Waals surface area contributed by atoms with E-state index < -0.39 is 6.10 Å². The Morgan fingerprint density at radius 2 is 2.05 bits per heavy atom. The van der Waals surface area contributed by atoms with E-state index in [1.165, 1.54) is 5.56 Å². The Morgan fingerprint density at radius 3 is 2.90 bits per heavy atom. The van der Waals surface area contributed by atoms with Gasteiger partial charge in [0.15, 0.2) is 5.78 Å². The molecule has 2 nitrogen and oxygen atoms in total. The Balaban J connectivity index is 1.82. The van der Waals surface area contributed by atoms with Crippen molar-refractivity contribution >= 4 is 17.4 Å². The number of ketones is 1. The molecule has 0 radical (unpaired) electrons. The average Bonchev–Trinajstić information content (AvgIpc) is 2.46. The van der Waals surface area contributed by atoms with Crippen molar-refractivity contribution in [3.8, 4) is 0 Å². The van der Waals surface area contributed by atoms with Crippen LogP contribution in [0.4, 0.5) is 0 Å². The van der Waals surface area contributed by atoms with E-state index in [0.717, 1.165) is 17.5 Å². The van der Waals surface area contributed by atoms with Gasteiger partial charge in [-0.25, -0.2) is 0 Å². The van der Waals surface area contributed by atoms with E-state index >= 15 is 0 Å². The van der Waals surface area contributed by atoms with Crippen LogP contribution in [0.5, 0.6) is 0 Å². The predicted octanol–water partition coefficient (Wildman–Crippen LogP) is 3.77. The Labute approximate surface area is 123 Å². The molecule has 0 saturated carbocycles. The summed E-state index contributed by atoms with van der Waals surface area (Å²) in [6, 6.07) is 15.4. The second-order valence-corrected chi connectivity index (χ2v) is 5.41. The van der Waals surface area contributed by atoms with E-state index in [0.29, 0.717) is 18.1 Å². The third kappa shape index (κ3) is 2.77. The van der Waals surface area contributed by atoms with E-state index in [9.17, 15) is 4.79 Å². The van der Waals surface area contributed by atoms with Gasteiger partial charge in [0.25, 0.3) is 0 Å². The maximum atomic E-state index is 12.5. The highest BCUT2D eigenvalue weighted by Gasteiger charge is 2.26. The molecule has 0 aromatic heterocycles. The van der Waals surface area contributed by atoms with Gasteiger partial charge in [-0.3, -0.25) is 4.79 Å².